The molecule has 2 aromatic rings. The van der Waals surface area contributed by atoms with Crippen LogP contribution in [0.15, 0.2) is 28.7 Å². The molecule has 3 rings (SSSR count). The summed E-state index contributed by atoms with van der Waals surface area (Å²) in [6.45, 7) is 2.58. The number of rotatable bonds is 2. The van der Waals surface area contributed by atoms with Crippen molar-refractivity contribution in [3.63, 3.8) is 0 Å². The fourth-order valence-electron chi connectivity index (χ4n) is 2.57. The van der Waals surface area contributed by atoms with Crippen molar-refractivity contribution in [2.45, 2.75) is 25.6 Å². The molecule has 0 aliphatic carbocycles. The Hall–Kier alpha value is -1.39. The van der Waals surface area contributed by atoms with Crippen LogP contribution in [0.4, 0.5) is 4.39 Å². The Kier molecular flexibility index (Phi) is 2.84. The first kappa shape index (κ1) is 11.7. The molecule has 3 nitrogen and oxygen atoms in total. The Morgan fingerprint density at radius 3 is 2.94 bits per heavy atom. The number of hydrogen-bond acceptors (Lipinski definition) is 3. The van der Waals surface area contributed by atoms with Crippen molar-refractivity contribution in [3.05, 3.63) is 35.8 Å². The van der Waals surface area contributed by atoms with Gasteiger partial charge >= 0.3 is 0 Å². The van der Waals surface area contributed by atoms with E-state index < -0.39 is 11.9 Å². The number of hydrogen-bond donors (Lipinski definition) is 1. The van der Waals surface area contributed by atoms with Gasteiger partial charge in [-0.1, -0.05) is 12.1 Å². The van der Waals surface area contributed by atoms with E-state index in [1.165, 1.54) is 6.07 Å². The fraction of sp³-hybridized carbons (Fsp3) is 0.429. The Labute approximate surface area is 104 Å². The summed E-state index contributed by atoms with van der Waals surface area (Å²) < 4.78 is 24.4. The van der Waals surface area contributed by atoms with E-state index in [4.69, 9.17) is 9.15 Å². The smallest absolute Gasteiger partial charge is 0.170 e. The second-order valence-electron chi connectivity index (χ2n) is 4.78. The largest absolute Gasteiger partial charge is 0.455 e. The van der Waals surface area contributed by atoms with E-state index in [0.717, 1.165) is 6.42 Å². The first-order valence-electron chi connectivity index (χ1n) is 6.14. The van der Waals surface area contributed by atoms with E-state index in [1.54, 1.807) is 18.2 Å². The first-order chi connectivity index (χ1) is 8.66. The van der Waals surface area contributed by atoms with Crippen molar-refractivity contribution < 1.29 is 18.7 Å². The molecule has 18 heavy (non-hydrogen) atoms. The number of benzene rings is 1. The predicted molar refractivity (Wildman–Crippen MR) is 64.7 cm³/mol. The van der Waals surface area contributed by atoms with Gasteiger partial charge in [0.2, 0.25) is 0 Å². The molecule has 1 aromatic heterocycles. The Bertz CT molecular complexity index is 563. The van der Waals surface area contributed by atoms with Crippen LogP contribution in [-0.2, 0) is 4.74 Å². The molecular formula is C14H15FO3. The van der Waals surface area contributed by atoms with Crippen LogP contribution in [0.25, 0.3) is 11.0 Å². The fourth-order valence-corrected chi connectivity index (χ4v) is 2.57. The highest BCUT2D eigenvalue weighted by molar-refractivity contribution is 5.78. The number of aliphatic hydroxyl groups is 1. The maximum atomic E-state index is 13.5. The molecule has 4 heteroatoms. The predicted octanol–water partition coefficient (Wildman–Crippen LogP) is 3.03. The van der Waals surface area contributed by atoms with Crippen molar-refractivity contribution in [1.82, 2.24) is 0 Å². The van der Waals surface area contributed by atoms with Gasteiger partial charge in [0.1, 0.15) is 11.9 Å². The molecule has 1 fully saturated rings. The van der Waals surface area contributed by atoms with Crippen LogP contribution in [0.2, 0.25) is 0 Å². The quantitative estimate of drug-likeness (QED) is 0.890. The van der Waals surface area contributed by atoms with E-state index >= 15 is 0 Å². The summed E-state index contributed by atoms with van der Waals surface area (Å²) in [4.78, 5) is 0. The van der Waals surface area contributed by atoms with Crippen LogP contribution in [0.5, 0.6) is 0 Å². The van der Waals surface area contributed by atoms with Gasteiger partial charge in [-0.25, -0.2) is 4.39 Å². The normalized spacial score (nSPS) is 25.7. The van der Waals surface area contributed by atoms with E-state index in [2.05, 4.69) is 0 Å². The zero-order chi connectivity index (χ0) is 12.7. The molecule has 1 saturated heterocycles. The third-order valence-electron chi connectivity index (χ3n) is 3.65. The summed E-state index contributed by atoms with van der Waals surface area (Å²) in [5.41, 5.74) is 0.207. The lowest BCUT2D eigenvalue weighted by Gasteiger charge is -2.18. The van der Waals surface area contributed by atoms with E-state index in [-0.39, 0.29) is 17.6 Å². The monoisotopic (exact) mass is 250 g/mol. The van der Waals surface area contributed by atoms with Gasteiger partial charge in [-0.3, -0.25) is 0 Å². The topological polar surface area (TPSA) is 42.6 Å². The summed E-state index contributed by atoms with van der Waals surface area (Å²) in [7, 11) is 0. The number of furan rings is 1. The molecule has 1 aliphatic heterocycles. The lowest BCUT2D eigenvalue weighted by atomic mass is 9.94. The van der Waals surface area contributed by atoms with Gasteiger partial charge < -0.3 is 14.3 Å². The standard InChI is InChI=1S/C14H15FO3/c1-8-10(5-6-17-8)13(16)12-7-9-3-2-4-11(15)14(9)18-12/h2-4,7-8,10,13,16H,5-6H2,1H3. The summed E-state index contributed by atoms with van der Waals surface area (Å²) in [5.74, 6) is 0.0211. The Morgan fingerprint density at radius 2 is 2.28 bits per heavy atom. The van der Waals surface area contributed by atoms with Crippen molar-refractivity contribution in [3.8, 4) is 0 Å². The van der Waals surface area contributed by atoms with Crippen molar-refractivity contribution in [2.24, 2.45) is 5.92 Å². The number of para-hydroxylation sites is 1. The average Bonchev–Trinajstić information content (AvgIpc) is 2.95. The molecule has 0 amide bonds. The number of fused-ring (bicyclic) bond motifs is 1. The number of halogens is 1. The highest BCUT2D eigenvalue weighted by Gasteiger charge is 2.33. The third kappa shape index (κ3) is 1.82. The molecular weight excluding hydrogens is 235 g/mol. The van der Waals surface area contributed by atoms with Gasteiger partial charge in [0.25, 0.3) is 0 Å². The van der Waals surface area contributed by atoms with Gasteiger partial charge in [0.15, 0.2) is 11.4 Å². The second kappa shape index (κ2) is 4.37. The molecule has 0 bridgehead atoms. The number of aliphatic hydroxyl groups excluding tert-OH is 1. The lowest BCUT2D eigenvalue weighted by Crippen LogP contribution is -2.19. The molecule has 96 valence electrons. The van der Waals surface area contributed by atoms with Crippen LogP contribution in [-0.4, -0.2) is 17.8 Å². The Morgan fingerprint density at radius 1 is 1.44 bits per heavy atom. The zero-order valence-corrected chi connectivity index (χ0v) is 10.1. The molecule has 0 spiro atoms. The minimum atomic E-state index is -0.741. The van der Waals surface area contributed by atoms with Crippen LogP contribution in [0.1, 0.15) is 25.2 Å². The number of ether oxygens (including phenoxy) is 1. The molecule has 1 aliphatic rings. The van der Waals surface area contributed by atoms with Crippen molar-refractivity contribution in [1.29, 1.82) is 0 Å². The molecule has 3 unspecified atom stereocenters. The second-order valence-corrected chi connectivity index (χ2v) is 4.78. The summed E-state index contributed by atoms with van der Waals surface area (Å²) in [6, 6.07) is 6.45. The maximum Gasteiger partial charge on any atom is 0.170 e. The van der Waals surface area contributed by atoms with Crippen LogP contribution < -0.4 is 0 Å². The minimum Gasteiger partial charge on any atom is -0.455 e. The minimum absolute atomic E-state index is 0.00180. The third-order valence-corrected chi connectivity index (χ3v) is 3.65. The van der Waals surface area contributed by atoms with Crippen molar-refractivity contribution in [2.75, 3.05) is 6.61 Å². The van der Waals surface area contributed by atoms with Gasteiger partial charge in [-0.15, -0.1) is 0 Å². The van der Waals surface area contributed by atoms with Gasteiger partial charge in [-0.05, 0) is 25.5 Å². The maximum absolute atomic E-state index is 13.5. The molecule has 0 saturated carbocycles. The summed E-state index contributed by atoms with van der Waals surface area (Å²) in [6.07, 6.45) is 0.0503. The van der Waals surface area contributed by atoms with E-state index in [1.807, 2.05) is 6.92 Å². The van der Waals surface area contributed by atoms with Crippen LogP contribution in [0, 0.1) is 11.7 Å². The van der Waals surface area contributed by atoms with Crippen LogP contribution >= 0.6 is 0 Å². The highest BCUT2D eigenvalue weighted by atomic mass is 19.1. The van der Waals surface area contributed by atoms with Gasteiger partial charge in [0, 0.05) is 17.9 Å². The molecule has 1 N–H and O–H groups in total. The van der Waals surface area contributed by atoms with Gasteiger partial charge in [0.05, 0.1) is 6.10 Å². The van der Waals surface area contributed by atoms with Gasteiger partial charge in [-0.2, -0.15) is 0 Å². The molecule has 3 atom stereocenters. The SMILES string of the molecule is CC1OCCC1C(O)c1cc2cccc(F)c2o1. The Balaban J connectivity index is 1.96. The van der Waals surface area contributed by atoms with Crippen LogP contribution in [0.3, 0.4) is 0 Å². The first-order valence-corrected chi connectivity index (χ1v) is 6.14. The molecule has 2 heterocycles. The van der Waals surface area contributed by atoms with E-state index in [9.17, 15) is 9.50 Å². The highest BCUT2D eigenvalue weighted by Crippen LogP contribution is 2.35. The average molecular weight is 250 g/mol. The zero-order valence-electron chi connectivity index (χ0n) is 10.1. The van der Waals surface area contributed by atoms with E-state index in [0.29, 0.717) is 17.8 Å². The van der Waals surface area contributed by atoms with Crippen molar-refractivity contribution >= 4 is 11.0 Å². The summed E-state index contributed by atoms with van der Waals surface area (Å²) >= 11 is 0. The molecule has 1 aromatic carbocycles. The summed E-state index contributed by atoms with van der Waals surface area (Å²) in [5, 5.41) is 11.0. The lowest BCUT2D eigenvalue weighted by molar-refractivity contribution is 0.0328. The molecule has 0 radical (unpaired) electrons.